The summed E-state index contributed by atoms with van der Waals surface area (Å²) in [5.74, 6) is 1.66. The van der Waals surface area contributed by atoms with Gasteiger partial charge in [-0.2, -0.15) is 0 Å². The molecule has 5 nitrogen and oxygen atoms in total. The van der Waals surface area contributed by atoms with E-state index in [1.807, 2.05) is 26.0 Å². The van der Waals surface area contributed by atoms with Gasteiger partial charge in [-0.3, -0.25) is 4.99 Å². The highest BCUT2D eigenvalue weighted by molar-refractivity contribution is 5.79. The summed E-state index contributed by atoms with van der Waals surface area (Å²) in [6.45, 7) is 8.07. The summed E-state index contributed by atoms with van der Waals surface area (Å²) in [7, 11) is 3.49. The average molecular weight is 370 g/mol. The van der Waals surface area contributed by atoms with Crippen molar-refractivity contribution in [3.8, 4) is 5.75 Å². The van der Waals surface area contributed by atoms with E-state index in [9.17, 15) is 0 Å². The second-order valence-electron chi connectivity index (χ2n) is 6.76. The van der Waals surface area contributed by atoms with Gasteiger partial charge in [-0.25, -0.2) is 0 Å². The lowest BCUT2D eigenvalue weighted by atomic mass is 10.1. The van der Waals surface area contributed by atoms with Crippen molar-refractivity contribution >= 4 is 5.96 Å². The Labute approximate surface area is 162 Å². The van der Waals surface area contributed by atoms with Crippen molar-refractivity contribution in [2.45, 2.75) is 46.6 Å². The van der Waals surface area contributed by atoms with Gasteiger partial charge in [-0.1, -0.05) is 36.4 Å². The molecular weight excluding hydrogens is 338 g/mol. The van der Waals surface area contributed by atoms with Crippen LogP contribution in [0.1, 0.15) is 36.1 Å². The van der Waals surface area contributed by atoms with E-state index in [0.29, 0.717) is 19.7 Å². The minimum atomic E-state index is 0.139. The largest absolute Gasteiger partial charge is 0.491 e. The van der Waals surface area contributed by atoms with Crippen LogP contribution in [-0.4, -0.2) is 26.2 Å². The molecule has 5 heteroatoms. The summed E-state index contributed by atoms with van der Waals surface area (Å²) >= 11 is 0. The highest BCUT2D eigenvalue weighted by Gasteiger charge is 2.08. The fraction of sp³-hybridized carbons (Fsp3) is 0.409. The van der Waals surface area contributed by atoms with Crippen molar-refractivity contribution in [2.75, 3.05) is 14.2 Å². The molecule has 2 aromatic rings. The molecule has 0 spiro atoms. The molecule has 0 radical (unpaired) electrons. The second-order valence-corrected chi connectivity index (χ2v) is 6.76. The number of aliphatic imine (C=N–C) groups is 1. The minimum absolute atomic E-state index is 0.139. The van der Waals surface area contributed by atoms with Gasteiger partial charge in [0, 0.05) is 32.8 Å². The van der Waals surface area contributed by atoms with Gasteiger partial charge in [0.15, 0.2) is 5.96 Å². The molecule has 0 unspecified atom stereocenters. The molecule has 0 aliphatic rings. The van der Waals surface area contributed by atoms with Crippen LogP contribution in [0.15, 0.2) is 47.5 Å². The van der Waals surface area contributed by atoms with Crippen LogP contribution >= 0.6 is 0 Å². The van der Waals surface area contributed by atoms with Crippen LogP contribution in [0.25, 0.3) is 0 Å². The smallest absolute Gasteiger partial charge is 0.191 e. The van der Waals surface area contributed by atoms with E-state index in [0.717, 1.165) is 17.3 Å². The fourth-order valence-corrected chi connectivity index (χ4v) is 2.78. The summed E-state index contributed by atoms with van der Waals surface area (Å²) in [4.78, 5) is 4.32. The zero-order valence-corrected chi connectivity index (χ0v) is 17.0. The summed E-state index contributed by atoms with van der Waals surface area (Å²) in [6, 6.07) is 14.5. The molecule has 2 N–H and O–H groups in total. The molecule has 0 aliphatic carbocycles. The molecular formula is C22H31N3O2. The third kappa shape index (κ3) is 6.61. The molecule has 0 saturated carbocycles. The topological polar surface area (TPSA) is 54.9 Å². The van der Waals surface area contributed by atoms with E-state index in [4.69, 9.17) is 9.47 Å². The first-order chi connectivity index (χ1) is 13.0. The van der Waals surface area contributed by atoms with E-state index in [-0.39, 0.29) is 6.10 Å². The lowest BCUT2D eigenvalue weighted by molar-refractivity contribution is 0.184. The van der Waals surface area contributed by atoms with Gasteiger partial charge in [-0.15, -0.1) is 0 Å². The molecule has 0 aromatic heterocycles. The van der Waals surface area contributed by atoms with Crippen LogP contribution in [0, 0.1) is 6.92 Å². The van der Waals surface area contributed by atoms with Gasteiger partial charge in [0.1, 0.15) is 5.75 Å². The standard InChI is InChI=1S/C22H31N3O2/c1-16(2)27-21-12-17(3)10-11-19(21)14-25-22(23-4)24-13-18-8-6-7-9-20(18)15-26-5/h6-12,16H,13-15H2,1-5H3,(H2,23,24,25). The van der Waals surface area contributed by atoms with Crippen molar-refractivity contribution in [1.29, 1.82) is 0 Å². The monoisotopic (exact) mass is 369 g/mol. The van der Waals surface area contributed by atoms with E-state index in [2.05, 4.69) is 52.9 Å². The molecule has 0 saturated heterocycles. The first-order valence-electron chi connectivity index (χ1n) is 9.30. The maximum atomic E-state index is 5.95. The predicted octanol–water partition coefficient (Wildman–Crippen LogP) is 3.79. The van der Waals surface area contributed by atoms with Crippen LogP contribution in [0.2, 0.25) is 0 Å². The van der Waals surface area contributed by atoms with Gasteiger partial charge in [0.25, 0.3) is 0 Å². The van der Waals surface area contributed by atoms with Crippen molar-refractivity contribution < 1.29 is 9.47 Å². The summed E-state index contributed by atoms with van der Waals surface area (Å²) in [6.07, 6.45) is 0.139. The molecule has 27 heavy (non-hydrogen) atoms. The number of rotatable bonds is 8. The Balaban J connectivity index is 1.99. The maximum absolute atomic E-state index is 5.95. The Morgan fingerprint density at radius 3 is 2.30 bits per heavy atom. The van der Waals surface area contributed by atoms with Crippen LogP contribution in [0.3, 0.4) is 0 Å². The normalized spacial score (nSPS) is 11.6. The number of ether oxygens (including phenoxy) is 2. The Kier molecular flexibility index (Phi) is 8.14. The zero-order valence-electron chi connectivity index (χ0n) is 17.0. The lowest BCUT2D eigenvalue weighted by Crippen LogP contribution is -2.36. The lowest BCUT2D eigenvalue weighted by Gasteiger charge is -2.17. The Morgan fingerprint density at radius 2 is 1.67 bits per heavy atom. The molecule has 0 heterocycles. The van der Waals surface area contributed by atoms with Gasteiger partial charge in [0.05, 0.1) is 12.7 Å². The number of hydrogen-bond acceptors (Lipinski definition) is 3. The number of guanidine groups is 1. The van der Waals surface area contributed by atoms with E-state index in [1.54, 1.807) is 14.2 Å². The molecule has 0 fully saturated rings. The second kappa shape index (κ2) is 10.6. The molecule has 0 atom stereocenters. The number of hydrogen-bond donors (Lipinski definition) is 2. The Bertz CT molecular complexity index is 757. The van der Waals surface area contributed by atoms with Crippen molar-refractivity contribution in [3.05, 3.63) is 64.7 Å². The molecule has 146 valence electrons. The van der Waals surface area contributed by atoms with Crippen LogP contribution in [-0.2, 0) is 24.4 Å². The highest BCUT2D eigenvalue weighted by atomic mass is 16.5. The van der Waals surface area contributed by atoms with Gasteiger partial charge < -0.3 is 20.1 Å². The Hall–Kier alpha value is -2.53. The number of nitrogens with zero attached hydrogens (tertiary/aromatic N) is 1. The average Bonchev–Trinajstić information content (AvgIpc) is 2.64. The zero-order chi connectivity index (χ0) is 19.6. The number of methoxy groups -OCH3 is 1. The van der Waals surface area contributed by atoms with Gasteiger partial charge >= 0.3 is 0 Å². The van der Waals surface area contributed by atoms with Crippen molar-refractivity contribution in [2.24, 2.45) is 4.99 Å². The molecule has 0 aliphatic heterocycles. The third-order valence-corrected chi connectivity index (χ3v) is 4.12. The Morgan fingerprint density at radius 1 is 1.00 bits per heavy atom. The van der Waals surface area contributed by atoms with Crippen molar-refractivity contribution in [1.82, 2.24) is 10.6 Å². The third-order valence-electron chi connectivity index (χ3n) is 4.12. The van der Waals surface area contributed by atoms with E-state index < -0.39 is 0 Å². The SMILES string of the molecule is CN=C(NCc1ccccc1COC)NCc1ccc(C)cc1OC(C)C. The summed E-state index contributed by atoms with van der Waals surface area (Å²) < 4.78 is 11.2. The number of aryl methyl sites for hydroxylation is 1. The fourth-order valence-electron chi connectivity index (χ4n) is 2.78. The first-order valence-corrected chi connectivity index (χ1v) is 9.30. The van der Waals surface area contributed by atoms with Crippen LogP contribution in [0.5, 0.6) is 5.75 Å². The number of benzene rings is 2. The van der Waals surface area contributed by atoms with E-state index >= 15 is 0 Å². The molecule has 2 aromatic carbocycles. The van der Waals surface area contributed by atoms with E-state index in [1.165, 1.54) is 16.7 Å². The van der Waals surface area contributed by atoms with Crippen molar-refractivity contribution in [3.63, 3.8) is 0 Å². The maximum Gasteiger partial charge on any atom is 0.191 e. The minimum Gasteiger partial charge on any atom is -0.491 e. The highest BCUT2D eigenvalue weighted by Crippen LogP contribution is 2.21. The quantitative estimate of drug-likeness (QED) is 0.549. The molecule has 0 amide bonds. The van der Waals surface area contributed by atoms with Crippen LogP contribution < -0.4 is 15.4 Å². The molecule has 2 rings (SSSR count). The van der Waals surface area contributed by atoms with Gasteiger partial charge in [0.2, 0.25) is 0 Å². The summed E-state index contributed by atoms with van der Waals surface area (Å²) in [5.41, 5.74) is 4.67. The number of nitrogens with one attached hydrogen (secondary N) is 2. The summed E-state index contributed by atoms with van der Waals surface area (Å²) in [5, 5.41) is 6.74. The first kappa shape index (κ1) is 20.8. The predicted molar refractivity (Wildman–Crippen MR) is 111 cm³/mol. The van der Waals surface area contributed by atoms with Crippen LogP contribution in [0.4, 0.5) is 0 Å². The van der Waals surface area contributed by atoms with Gasteiger partial charge in [-0.05, 0) is 43.5 Å². The molecule has 0 bridgehead atoms.